The Hall–Kier alpha value is -1.32. The van der Waals surface area contributed by atoms with Crippen molar-refractivity contribution in [3.05, 3.63) is 52.8 Å². The molecule has 1 aromatic heterocycles. The zero-order valence-corrected chi connectivity index (χ0v) is 12.2. The fourth-order valence-corrected chi connectivity index (χ4v) is 2.39. The van der Waals surface area contributed by atoms with E-state index in [4.69, 9.17) is 11.6 Å². The summed E-state index contributed by atoms with van der Waals surface area (Å²) in [6.45, 7) is 3.11. The van der Waals surface area contributed by atoms with Crippen LogP contribution in [0.5, 0.6) is 0 Å². The van der Waals surface area contributed by atoms with Crippen molar-refractivity contribution in [3.63, 3.8) is 0 Å². The van der Waals surface area contributed by atoms with E-state index in [0.717, 1.165) is 30.0 Å². The Morgan fingerprint density at radius 2 is 2.16 bits per heavy atom. The summed E-state index contributed by atoms with van der Waals surface area (Å²) < 4.78 is 1.99. The van der Waals surface area contributed by atoms with Gasteiger partial charge in [-0.2, -0.15) is 5.10 Å². The molecule has 102 valence electrons. The van der Waals surface area contributed by atoms with Crippen molar-refractivity contribution in [2.75, 3.05) is 7.05 Å². The summed E-state index contributed by atoms with van der Waals surface area (Å²) in [5, 5.41) is 8.54. The molecule has 0 spiro atoms. The summed E-state index contributed by atoms with van der Waals surface area (Å²) >= 11 is 6.22. The molecule has 3 nitrogen and oxygen atoms in total. The van der Waals surface area contributed by atoms with E-state index in [1.807, 2.05) is 36.1 Å². The quantitative estimate of drug-likeness (QED) is 0.876. The number of halogens is 1. The van der Waals surface area contributed by atoms with Gasteiger partial charge in [0.15, 0.2) is 0 Å². The van der Waals surface area contributed by atoms with Crippen molar-refractivity contribution in [1.29, 1.82) is 0 Å². The largest absolute Gasteiger partial charge is 0.313 e. The van der Waals surface area contributed by atoms with Gasteiger partial charge >= 0.3 is 0 Å². The lowest BCUT2D eigenvalue weighted by Crippen LogP contribution is -2.18. The lowest BCUT2D eigenvalue weighted by atomic mass is 10.0. The second-order valence-electron chi connectivity index (χ2n) is 4.67. The Balaban J connectivity index is 2.13. The molecule has 4 heteroatoms. The summed E-state index contributed by atoms with van der Waals surface area (Å²) in [7, 11) is 1.97. The van der Waals surface area contributed by atoms with Crippen LogP contribution in [0.1, 0.15) is 30.5 Å². The van der Waals surface area contributed by atoms with Gasteiger partial charge in [-0.3, -0.25) is 4.68 Å². The number of hydrogen-bond donors (Lipinski definition) is 1. The normalized spacial score (nSPS) is 12.6. The van der Waals surface area contributed by atoms with E-state index >= 15 is 0 Å². The Labute approximate surface area is 119 Å². The number of aryl methyl sites for hydroxylation is 1. The van der Waals surface area contributed by atoms with Gasteiger partial charge in [0.2, 0.25) is 0 Å². The molecule has 1 atom stereocenters. The summed E-state index contributed by atoms with van der Waals surface area (Å²) in [5.41, 5.74) is 2.36. The minimum absolute atomic E-state index is 0.241. The number of likely N-dealkylation sites (N-methyl/N-ethyl adjacent to an activating group) is 1. The summed E-state index contributed by atoms with van der Waals surface area (Å²) in [6.07, 6.45) is 6.01. The molecular formula is C15H20ClN3. The van der Waals surface area contributed by atoms with Gasteiger partial charge in [0.25, 0.3) is 0 Å². The highest BCUT2D eigenvalue weighted by atomic mass is 35.5. The minimum Gasteiger partial charge on any atom is -0.313 e. The SMILES string of the molecule is CCCn1cc(C(Cc2ccccc2Cl)NC)cn1. The number of nitrogens with zero attached hydrogens (tertiary/aromatic N) is 2. The predicted octanol–water partition coefficient (Wildman–Crippen LogP) is 3.45. The van der Waals surface area contributed by atoms with Crippen LogP contribution in [0.3, 0.4) is 0 Å². The molecule has 1 N–H and O–H groups in total. The third kappa shape index (κ3) is 3.58. The Bertz CT molecular complexity index is 522. The van der Waals surface area contributed by atoms with Gasteiger partial charge < -0.3 is 5.32 Å². The molecule has 0 amide bonds. The molecule has 0 saturated heterocycles. The van der Waals surface area contributed by atoms with E-state index in [0.29, 0.717) is 0 Å². The maximum atomic E-state index is 6.22. The van der Waals surface area contributed by atoms with Crippen LogP contribution >= 0.6 is 11.6 Å². The molecule has 2 aromatic rings. The molecule has 1 heterocycles. The topological polar surface area (TPSA) is 29.9 Å². The fraction of sp³-hybridized carbons (Fsp3) is 0.400. The van der Waals surface area contributed by atoms with Gasteiger partial charge in [0, 0.05) is 29.4 Å². The first-order valence-electron chi connectivity index (χ1n) is 6.67. The minimum atomic E-state index is 0.241. The van der Waals surface area contributed by atoms with Crippen molar-refractivity contribution in [1.82, 2.24) is 15.1 Å². The lowest BCUT2D eigenvalue weighted by molar-refractivity contribution is 0.582. The van der Waals surface area contributed by atoms with E-state index in [2.05, 4.69) is 29.6 Å². The van der Waals surface area contributed by atoms with Gasteiger partial charge in [-0.15, -0.1) is 0 Å². The highest BCUT2D eigenvalue weighted by Crippen LogP contribution is 2.23. The number of benzene rings is 1. The first-order chi connectivity index (χ1) is 9.24. The maximum Gasteiger partial charge on any atom is 0.0537 e. The van der Waals surface area contributed by atoms with Crippen LogP contribution in [0, 0.1) is 0 Å². The summed E-state index contributed by atoms with van der Waals surface area (Å²) in [5.74, 6) is 0. The summed E-state index contributed by atoms with van der Waals surface area (Å²) in [4.78, 5) is 0. The Morgan fingerprint density at radius 1 is 1.37 bits per heavy atom. The number of hydrogen-bond acceptors (Lipinski definition) is 2. The van der Waals surface area contributed by atoms with E-state index in [-0.39, 0.29) is 6.04 Å². The zero-order chi connectivity index (χ0) is 13.7. The van der Waals surface area contributed by atoms with Gasteiger partial charge in [-0.1, -0.05) is 36.7 Å². The molecule has 0 aliphatic heterocycles. The molecule has 1 aromatic carbocycles. The van der Waals surface area contributed by atoms with Crippen molar-refractivity contribution in [2.45, 2.75) is 32.4 Å². The first kappa shape index (κ1) is 14.1. The molecule has 2 rings (SSSR count). The van der Waals surface area contributed by atoms with Crippen molar-refractivity contribution >= 4 is 11.6 Å². The molecular weight excluding hydrogens is 258 g/mol. The molecule has 0 bridgehead atoms. The average molecular weight is 278 g/mol. The van der Waals surface area contributed by atoms with Crippen LogP contribution in [0.4, 0.5) is 0 Å². The van der Waals surface area contributed by atoms with Gasteiger partial charge in [-0.05, 0) is 31.5 Å². The van der Waals surface area contributed by atoms with Crippen LogP contribution in [-0.2, 0) is 13.0 Å². The van der Waals surface area contributed by atoms with E-state index in [1.165, 1.54) is 5.56 Å². The molecule has 0 radical (unpaired) electrons. The van der Waals surface area contributed by atoms with Crippen LogP contribution < -0.4 is 5.32 Å². The first-order valence-corrected chi connectivity index (χ1v) is 7.05. The highest BCUT2D eigenvalue weighted by molar-refractivity contribution is 6.31. The molecule has 0 fully saturated rings. The van der Waals surface area contributed by atoms with E-state index in [1.54, 1.807) is 0 Å². The molecule has 0 aliphatic carbocycles. The van der Waals surface area contributed by atoms with Crippen LogP contribution in [0.2, 0.25) is 5.02 Å². The van der Waals surface area contributed by atoms with Crippen molar-refractivity contribution in [3.8, 4) is 0 Å². The Kier molecular flexibility index (Phi) is 5.00. The number of aromatic nitrogens is 2. The van der Waals surface area contributed by atoms with Crippen LogP contribution in [0.25, 0.3) is 0 Å². The Morgan fingerprint density at radius 3 is 2.84 bits per heavy atom. The van der Waals surface area contributed by atoms with Crippen LogP contribution in [0.15, 0.2) is 36.7 Å². The average Bonchev–Trinajstić information content (AvgIpc) is 2.87. The number of rotatable bonds is 6. The second kappa shape index (κ2) is 6.73. The second-order valence-corrected chi connectivity index (χ2v) is 5.08. The van der Waals surface area contributed by atoms with Crippen molar-refractivity contribution < 1.29 is 0 Å². The molecule has 1 unspecified atom stereocenters. The zero-order valence-electron chi connectivity index (χ0n) is 11.4. The molecule has 19 heavy (non-hydrogen) atoms. The van der Waals surface area contributed by atoms with E-state index in [9.17, 15) is 0 Å². The summed E-state index contributed by atoms with van der Waals surface area (Å²) in [6, 6.07) is 8.23. The van der Waals surface area contributed by atoms with Gasteiger partial charge in [-0.25, -0.2) is 0 Å². The smallest absolute Gasteiger partial charge is 0.0537 e. The maximum absolute atomic E-state index is 6.22. The highest BCUT2D eigenvalue weighted by Gasteiger charge is 2.13. The van der Waals surface area contributed by atoms with E-state index < -0.39 is 0 Å². The molecule has 0 aliphatic rings. The lowest BCUT2D eigenvalue weighted by Gasteiger charge is -2.15. The van der Waals surface area contributed by atoms with Gasteiger partial charge in [0.05, 0.1) is 6.20 Å². The fourth-order valence-electron chi connectivity index (χ4n) is 2.18. The molecule has 0 saturated carbocycles. The van der Waals surface area contributed by atoms with Crippen molar-refractivity contribution in [2.24, 2.45) is 0 Å². The third-order valence-corrected chi connectivity index (χ3v) is 3.61. The standard InChI is InChI=1S/C15H20ClN3/c1-3-8-19-11-13(10-18-19)15(17-2)9-12-6-4-5-7-14(12)16/h4-7,10-11,15,17H,3,8-9H2,1-2H3. The van der Waals surface area contributed by atoms with Crippen LogP contribution in [-0.4, -0.2) is 16.8 Å². The van der Waals surface area contributed by atoms with Gasteiger partial charge in [0.1, 0.15) is 0 Å². The number of nitrogens with one attached hydrogen (secondary N) is 1. The monoisotopic (exact) mass is 277 g/mol. The predicted molar refractivity (Wildman–Crippen MR) is 79.5 cm³/mol. The third-order valence-electron chi connectivity index (χ3n) is 3.24.